The van der Waals surface area contributed by atoms with E-state index in [0.29, 0.717) is 24.0 Å². The van der Waals surface area contributed by atoms with Gasteiger partial charge in [0.15, 0.2) is 0 Å². The van der Waals surface area contributed by atoms with Crippen molar-refractivity contribution < 1.29 is 25.9 Å². The van der Waals surface area contributed by atoms with Gasteiger partial charge in [0.2, 0.25) is 0 Å². The second kappa shape index (κ2) is 52.4. The summed E-state index contributed by atoms with van der Waals surface area (Å²) in [5.41, 5.74) is 3.85. The maximum absolute atomic E-state index is 12.1. The molecule has 0 saturated carbocycles. The quantitative estimate of drug-likeness (QED) is 0.0247. The Morgan fingerprint density at radius 2 is 0.447 bits per heavy atom. The molecule has 0 unspecified atom stereocenters. The molecule has 0 atom stereocenters. The van der Waals surface area contributed by atoms with Gasteiger partial charge >= 0.3 is 48.9 Å². The second-order valence-electron chi connectivity index (χ2n) is 25.7. The van der Waals surface area contributed by atoms with Crippen LogP contribution in [0.15, 0.2) is 70.5 Å². The van der Waals surface area contributed by atoms with Crippen LogP contribution in [0.3, 0.4) is 0 Å². The van der Waals surface area contributed by atoms with Gasteiger partial charge in [0.25, 0.3) is 0 Å². The van der Waals surface area contributed by atoms with E-state index in [1.54, 1.807) is 12.1 Å². The summed E-state index contributed by atoms with van der Waals surface area (Å²) in [6.07, 6.45) is 66.0. The number of unbranched alkanes of at least 4 members (excludes halogenated alkanes) is 44. The average molecular weight is 1340 g/mol. The van der Waals surface area contributed by atoms with Gasteiger partial charge in [-0.15, -0.1) is 0 Å². The van der Waals surface area contributed by atoms with Crippen molar-refractivity contribution in [1.82, 2.24) is 0 Å². The molecule has 4 rings (SSSR count). The molecule has 4 aromatic carbocycles. The van der Waals surface area contributed by atoms with Gasteiger partial charge in [-0.2, -0.15) is 0 Å². The van der Waals surface area contributed by atoms with Crippen molar-refractivity contribution >= 4 is 90.7 Å². The molecule has 0 heterocycles. The van der Waals surface area contributed by atoms with Crippen molar-refractivity contribution in [3.8, 4) is 0 Å². The van der Waals surface area contributed by atoms with Gasteiger partial charge in [0.05, 0.1) is 9.79 Å². The first-order valence-corrected chi connectivity index (χ1v) is 38.8. The molecule has 0 aromatic heterocycles. The first-order valence-electron chi connectivity index (χ1n) is 35.9. The first kappa shape index (κ1) is 79.9. The van der Waals surface area contributed by atoms with Crippen LogP contribution in [0.1, 0.15) is 358 Å². The summed E-state index contributed by atoms with van der Waals surface area (Å²) in [5.74, 6) is 0. The largest absolute Gasteiger partial charge is 2.00 e. The minimum atomic E-state index is -4.49. The molecule has 480 valence electrons. The Kier molecular flexibility index (Phi) is 49.3. The normalized spacial score (nSPS) is 11.8. The van der Waals surface area contributed by atoms with E-state index in [9.17, 15) is 25.9 Å². The molecule has 0 radical (unpaired) electrons. The van der Waals surface area contributed by atoms with E-state index in [1.807, 2.05) is 12.1 Å². The summed E-state index contributed by atoms with van der Waals surface area (Å²) in [7, 11) is -8.99. The molecule has 4 aromatic rings. The standard InChI is InChI=1S/2C38H64O3S.Ba/c2*1-3-5-7-9-11-13-15-17-19-21-23-25-27-34-29-30-35-32-36(38(42(39,40)41)33-37(35)31-34)28-26-24-22-20-18-16-14-12-10-8-6-4-2;/h2*29-33H,3-28H2,1-2H3,(H,39,40,41);/q;;+2/p-2. The Morgan fingerprint density at radius 1 is 0.247 bits per heavy atom. The third-order valence-corrected chi connectivity index (χ3v) is 19.8. The van der Waals surface area contributed by atoms with Crippen LogP contribution in [-0.4, -0.2) is 74.8 Å². The molecule has 0 bridgehead atoms. The predicted octanol–water partition coefficient (Wildman–Crippen LogP) is 24.1. The van der Waals surface area contributed by atoms with E-state index < -0.39 is 20.2 Å². The molecule has 0 aliphatic rings. The van der Waals surface area contributed by atoms with E-state index >= 15 is 0 Å². The van der Waals surface area contributed by atoms with Crippen molar-refractivity contribution in [3.05, 3.63) is 82.9 Å². The Labute approximate surface area is 565 Å². The number of aryl methyl sites for hydroxylation is 4. The summed E-state index contributed by atoms with van der Waals surface area (Å²) in [6.45, 7) is 9.06. The van der Waals surface area contributed by atoms with Crippen molar-refractivity contribution in [2.24, 2.45) is 0 Å². The monoisotopic (exact) mass is 1340 g/mol. The summed E-state index contributed by atoms with van der Waals surface area (Å²) < 4.78 is 72.9. The fourth-order valence-electron chi connectivity index (χ4n) is 12.6. The minimum absolute atomic E-state index is 0. The van der Waals surface area contributed by atoms with Crippen LogP contribution < -0.4 is 0 Å². The third kappa shape index (κ3) is 39.6. The van der Waals surface area contributed by atoms with E-state index in [-0.39, 0.29) is 58.7 Å². The molecule has 0 spiro atoms. The van der Waals surface area contributed by atoms with Crippen LogP contribution in [0.2, 0.25) is 0 Å². The van der Waals surface area contributed by atoms with Crippen molar-refractivity contribution in [2.45, 2.75) is 371 Å². The van der Waals surface area contributed by atoms with Gasteiger partial charge in [-0.3, -0.25) is 0 Å². The van der Waals surface area contributed by atoms with Gasteiger partial charge in [0, 0.05) is 0 Å². The van der Waals surface area contributed by atoms with Gasteiger partial charge in [-0.25, -0.2) is 16.8 Å². The first-order chi connectivity index (χ1) is 40.9. The number of hydrogen-bond donors (Lipinski definition) is 0. The number of hydrogen-bond acceptors (Lipinski definition) is 6. The molecule has 0 saturated heterocycles. The molecule has 0 fully saturated rings. The summed E-state index contributed by atoms with van der Waals surface area (Å²) in [5, 5.41) is 3.82. The van der Waals surface area contributed by atoms with Gasteiger partial charge in [-0.05, 0) is 119 Å². The average Bonchev–Trinajstić information content (AvgIpc) is 2.59. The Morgan fingerprint density at radius 3 is 0.659 bits per heavy atom. The van der Waals surface area contributed by atoms with Crippen LogP contribution in [0.25, 0.3) is 21.5 Å². The molecule has 6 nitrogen and oxygen atoms in total. The van der Waals surface area contributed by atoms with Crippen LogP contribution in [-0.2, 0) is 45.9 Å². The maximum Gasteiger partial charge on any atom is 2.00 e. The van der Waals surface area contributed by atoms with Gasteiger partial charge in [0.1, 0.15) is 20.2 Å². The van der Waals surface area contributed by atoms with E-state index in [0.717, 1.165) is 72.9 Å². The molecular weight excluding hydrogens is 1210 g/mol. The van der Waals surface area contributed by atoms with E-state index in [2.05, 4.69) is 64.1 Å². The Balaban J connectivity index is 0.000000573. The third-order valence-electron chi connectivity index (χ3n) is 17.9. The van der Waals surface area contributed by atoms with Crippen molar-refractivity contribution in [3.63, 3.8) is 0 Å². The zero-order valence-corrected chi connectivity index (χ0v) is 61.6. The molecule has 85 heavy (non-hydrogen) atoms. The van der Waals surface area contributed by atoms with Gasteiger partial charge in [-0.1, -0.05) is 347 Å². The van der Waals surface area contributed by atoms with Crippen LogP contribution in [0, 0.1) is 0 Å². The second-order valence-corrected chi connectivity index (χ2v) is 28.4. The fourth-order valence-corrected chi connectivity index (χ4v) is 14.1. The van der Waals surface area contributed by atoms with Gasteiger partial charge < -0.3 is 9.11 Å². The SMILES string of the molecule is CCCCCCCCCCCCCCc1ccc2cc(CCCCCCCCCCCCCC)c(S(=O)(=O)[O-])cc2c1.CCCCCCCCCCCCCCc1ccc2cc(CCCCCCCCCCCCCC)c(S(=O)(=O)[O-])cc2c1.[Ba+2]. The summed E-state index contributed by atoms with van der Waals surface area (Å²) in [6, 6.07) is 19.9. The van der Waals surface area contributed by atoms with Crippen molar-refractivity contribution in [1.29, 1.82) is 0 Å². The summed E-state index contributed by atoms with van der Waals surface area (Å²) in [4.78, 5) is -0.0267. The molecule has 0 amide bonds. The molecular formula is C76H126BaO6S2. The molecule has 9 heteroatoms. The number of benzene rings is 4. The van der Waals surface area contributed by atoms with Crippen LogP contribution >= 0.6 is 0 Å². The van der Waals surface area contributed by atoms with E-state index in [1.165, 1.54) is 281 Å². The zero-order valence-electron chi connectivity index (χ0n) is 55.5. The van der Waals surface area contributed by atoms with Crippen LogP contribution in [0.4, 0.5) is 0 Å². The molecule has 0 N–H and O–H groups in total. The summed E-state index contributed by atoms with van der Waals surface area (Å²) >= 11 is 0. The smallest absolute Gasteiger partial charge is 0.744 e. The number of fused-ring (bicyclic) bond motifs is 2. The maximum atomic E-state index is 12.1. The fraction of sp³-hybridized carbons (Fsp3) is 0.737. The topological polar surface area (TPSA) is 114 Å². The number of rotatable bonds is 54. The van der Waals surface area contributed by atoms with E-state index in [4.69, 9.17) is 0 Å². The van der Waals surface area contributed by atoms with Crippen LogP contribution in [0.5, 0.6) is 0 Å². The zero-order chi connectivity index (χ0) is 60.6. The predicted molar refractivity (Wildman–Crippen MR) is 369 cm³/mol. The Hall–Kier alpha value is -1.21. The van der Waals surface area contributed by atoms with Crippen molar-refractivity contribution in [2.75, 3.05) is 0 Å². The molecule has 0 aliphatic carbocycles. The minimum Gasteiger partial charge on any atom is -0.744 e. The Bertz CT molecular complexity index is 2300. The molecule has 0 aliphatic heterocycles.